The molecule has 0 aromatic heterocycles. The van der Waals surface area contributed by atoms with Gasteiger partial charge >= 0.3 is 5.97 Å². The molecule has 2 aliphatic heterocycles. The highest BCUT2D eigenvalue weighted by Gasteiger charge is 2.47. The van der Waals surface area contributed by atoms with E-state index in [1.165, 1.54) is 38.5 Å². The largest absolute Gasteiger partial charge is 0.481 e. The monoisotopic (exact) mass is 1020 g/mol. The van der Waals surface area contributed by atoms with E-state index in [2.05, 4.69) is 0 Å². The summed E-state index contributed by atoms with van der Waals surface area (Å²) in [5.41, 5.74) is 1.89. The normalized spacial score (nSPS) is 18.4. The maximum absolute atomic E-state index is 12.6. The second kappa shape index (κ2) is 19.7. The number of hydrogen-bond donors (Lipinski definition) is 5. The Morgan fingerprint density at radius 1 is 0.662 bits per heavy atom. The van der Waals surface area contributed by atoms with Gasteiger partial charge in [-0.2, -0.15) is 38.2 Å². The van der Waals surface area contributed by atoms with E-state index in [-0.39, 0.29) is 41.2 Å². The summed E-state index contributed by atoms with van der Waals surface area (Å²) in [6, 6.07) is 10.1. The van der Waals surface area contributed by atoms with E-state index in [0.717, 1.165) is 11.4 Å². The third-order valence-electron chi connectivity index (χ3n) is 12.3. The molecule has 0 saturated carbocycles. The molecule has 4 aromatic carbocycles. The number of benzene rings is 4. The van der Waals surface area contributed by atoms with Crippen LogP contribution in [0.2, 0.25) is 0 Å². The number of carboxylic acid groups (broad SMARTS) is 1. The molecule has 6 rings (SSSR count). The lowest BCUT2D eigenvalue weighted by molar-refractivity contribution is -0.438. The average Bonchev–Trinajstić information content (AvgIpc) is 3.61. The highest BCUT2D eigenvalue weighted by Crippen LogP contribution is 2.54. The molecular weight excluding hydrogens is 965 g/mol. The van der Waals surface area contributed by atoms with Crippen LogP contribution in [-0.2, 0) is 65.6 Å². The molecule has 366 valence electrons. The Morgan fingerprint density at radius 2 is 1.21 bits per heavy atom. The van der Waals surface area contributed by atoms with Crippen molar-refractivity contribution >= 4 is 85.1 Å². The predicted molar refractivity (Wildman–Crippen MR) is 255 cm³/mol. The van der Waals surface area contributed by atoms with Gasteiger partial charge in [0.05, 0.1) is 21.8 Å². The van der Waals surface area contributed by atoms with Gasteiger partial charge in [-0.3, -0.25) is 23.0 Å². The molecule has 0 radical (unpaired) electrons. The molecule has 0 aliphatic carbocycles. The fourth-order valence-corrected chi connectivity index (χ4v) is 12.0. The second-order valence-corrected chi connectivity index (χ2v) is 22.7. The summed E-state index contributed by atoms with van der Waals surface area (Å²) in [5, 5.41) is 9.61. The number of nitrogens with zero attached hydrogens (tertiary/aromatic N) is 2. The molecule has 1 atom stereocenters. The van der Waals surface area contributed by atoms with Gasteiger partial charge in [-0.05, 0) is 98.8 Å². The Labute approximate surface area is 395 Å². The van der Waals surface area contributed by atoms with Crippen molar-refractivity contribution in [3.63, 3.8) is 0 Å². The molecule has 0 fully saturated rings. The number of allylic oxidation sites excluding steroid dienone is 8. The fourth-order valence-electron chi connectivity index (χ4n) is 9.29. The Hall–Kier alpha value is -5.14. The minimum Gasteiger partial charge on any atom is -0.481 e. The molecule has 1 unspecified atom stereocenters. The van der Waals surface area contributed by atoms with Crippen molar-refractivity contribution in [2.75, 3.05) is 45.4 Å². The van der Waals surface area contributed by atoms with E-state index in [4.69, 9.17) is 14.6 Å². The van der Waals surface area contributed by atoms with Gasteiger partial charge in [-0.25, -0.2) is 0 Å². The van der Waals surface area contributed by atoms with Crippen LogP contribution < -0.4 is 4.90 Å². The molecule has 0 bridgehead atoms. The Bertz CT molecular complexity index is 3320. The van der Waals surface area contributed by atoms with Gasteiger partial charge < -0.3 is 19.5 Å². The first kappa shape index (κ1) is 52.2. The molecule has 2 heterocycles. The smallest absolute Gasteiger partial charge is 0.303 e. The summed E-state index contributed by atoms with van der Waals surface area (Å²) in [7, 11) is -16.7. The number of unbranched alkanes of at least 4 members (excludes halogenated alkanes) is 2. The van der Waals surface area contributed by atoms with Crippen molar-refractivity contribution < 1.29 is 75.8 Å². The first-order valence-electron chi connectivity index (χ1n) is 21.1. The van der Waals surface area contributed by atoms with E-state index in [1.807, 2.05) is 42.4 Å². The van der Waals surface area contributed by atoms with Gasteiger partial charge in [0.25, 0.3) is 40.5 Å². The number of anilines is 1. The standard InChI is InChI=1S/C46H52N2O16S4/c1-45(2)40(47(22-13-9-12-16-42(49)50)36-19-17-32-34(43(36)45)26-30(65(51,52)53)28-38(32)67(57,58)59)14-10-7-6-8-11-15-41-46(3,21-24-63-4)44-35-27-31(66(54,55)56)29-39(68(60,61)62)33(35)18-20-37(44)48(41)23-25-64-5/h6-8,10-11,14-15,17-20,26-29H,9,12-13,16,21-25H2,1-5H3,(H4-,49,50,51,52,53,54,55,56,57,58,59,60,61,62)/p+1. The Morgan fingerprint density at radius 3 is 1.75 bits per heavy atom. The molecule has 2 aliphatic rings. The number of fused-ring (bicyclic) bond motifs is 6. The number of methoxy groups -OCH3 is 2. The maximum Gasteiger partial charge on any atom is 0.303 e. The molecule has 0 saturated heterocycles. The molecular formula is C46H53N2O16S4+. The van der Waals surface area contributed by atoms with Crippen LogP contribution >= 0.6 is 0 Å². The SMILES string of the molecule is COCCN1C(=CC=CC=CC=CC2=[N+](CCCCCC(=O)O)c3ccc4c(S(=O)(=O)O)cc(S(=O)(=O)O)cc4c3C2(C)C)C(C)(CCOC)c2c1ccc1c(S(=O)(=O)O)cc(S(=O)(=O)O)cc21. The van der Waals surface area contributed by atoms with Crippen molar-refractivity contribution in [2.45, 2.75) is 83.3 Å². The lowest BCUT2D eigenvalue weighted by Crippen LogP contribution is -2.31. The van der Waals surface area contributed by atoms with Crippen molar-refractivity contribution in [1.82, 2.24) is 0 Å². The van der Waals surface area contributed by atoms with Gasteiger partial charge in [-0.15, -0.1) is 0 Å². The summed E-state index contributed by atoms with van der Waals surface area (Å²) >= 11 is 0. The summed E-state index contributed by atoms with van der Waals surface area (Å²) in [5.74, 6) is -0.917. The summed E-state index contributed by atoms with van der Waals surface area (Å²) < 4.78 is 153. The molecule has 4 aromatic rings. The molecule has 0 spiro atoms. The van der Waals surface area contributed by atoms with Gasteiger partial charge in [0.2, 0.25) is 5.69 Å². The fraction of sp³-hybridized carbons (Fsp3) is 0.348. The minimum absolute atomic E-state index is 0.00772. The van der Waals surface area contributed by atoms with Gasteiger partial charge in [0.15, 0.2) is 5.71 Å². The molecule has 0 amide bonds. The first-order chi connectivity index (χ1) is 31.7. The maximum atomic E-state index is 12.6. The molecule has 68 heavy (non-hydrogen) atoms. The van der Waals surface area contributed by atoms with Crippen LogP contribution in [0.1, 0.15) is 64.0 Å². The lowest BCUT2D eigenvalue weighted by atomic mass is 9.76. The Kier molecular flexibility index (Phi) is 15.1. The summed E-state index contributed by atoms with van der Waals surface area (Å²) in [6.45, 7) is 6.87. The van der Waals surface area contributed by atoms with Crippen LogP contribution in [0.25, 0.3) is 21.5 Å². The minimum atomic E-state index is -4.96. The third-order valence-corrected chi connectivity index (χ3v) is 15.8. The second-order valence-electron chi connectivity index (χ2n) is 17.1. The highest BCUT2D eigenvalue weighted by molar-refractivity contribution is 7.87. The van der Waals surface area contributed by atoms with E-state index < -0.39 is 76.9 Å². The van der Waals surface area contributed by atoms with E-state index in [0.29, 0.717) is 73.4 Å². The number of carboxylic acids is 1. The zero-order valence-electron chi connectivity index (χ0n) is 37.8. The number of rotatable bonds is 20. The average molecular weight is 1020 g/mol. The topological polar surface area (TPSA) is 279 Å². The lowest BCUT2D eigenvalue weighted by Gasteiger charge is -2.30. The van der Waals surface area contributed by atoms with Crippen LogP contribution in [0.3, 0.4) is 0 Å². The zero-order valence-corrected chi connectivity index (χ0v) is 41.0. The van der Waals surface area contributed by atoms with Crippen LogP contribution in [-0.4, -0.2) is 114 Å². The van der Waals surface area contributed by atoms with Crippen molar-refractivity contribution in [3.05, 3.63) is 108 Å². The number of ether oxygens (including phenoxy) is 2. The van der Waals surface area contributed by atoms with Gasteiger partial charge in [0.1, 0.15) is 16.3 Å². The van der Waals surface area contributed by atoms with Crippen LogP contribution in [0, 0.1) is 0 Å². The van der Waals surface area contributed by atoms with Gasteiger partial charge in [-0.1, -0.05) is 36.4 Å². The van der Waals surface area contributed by atoms with Crippen LogP contribution in [0.15, 0.2) is 116 Å². The quantitative estimate of drug-likeness (QED) is 0.0257. The highest BCUT2D eigenvalue weighted by atomic mass is 32.2. The van der Waals surface area contributed by atoms with Crippen molar-refractivity contribution in [1.29, 1.82) is 0 Å². The predicted octanol–water partition coefficient (Wildman–Crippen LogP) is 7.01. The summed E-state index contributed by atoms with van der Waals surface area (Å²) in [4.78, 5) is 10.3. The summed E-state index contributed by atoms with van der Waals surface area (Å²) in [6.07, 6.45) is 14.4. The van der Waals surface area contributed by atoms with E-state index >= 15 is 0 Å². The van der Waals surface area contributed by atoms with Gasteiger partial charge in [0, 0.05) is 85.5 Å². The molecule has 18 nitrogen and oxygen atoms in total. The van der Waals surface area contributed by atoms with Crippen molar-refractivity contribution in [2.24, 2.45) is 0 Å². The molecule has 5 N–H and O–H groups in total. The third kappa shape index (κ3) is 10.5. The number of carbonyl (C=O) groups is 1. The van der Waals surface area contributed by atoms with Crippen molar-refractivity contribution in [3.8, 4) is 0 Å². The van der Waals surface area contributed by atoms with E-state index in [1.54, 1.807) is 42.5 Å². The zero-order chi connectivity index (χ0) is 50.2. The first-order valence-corrected chi connectivity index (χ1v) is 26.9. The Balaban J connectivity index is 1.42. The number of hydrogen-bond acceptors (Lipinski definition) is 12. The number of aliphatic carboxylic acids is 1. The molecule has 22 heteroatoms. The van der Waals surface area contributed by atoms with E-state index in [9.17, 15) is 56.7 Å². The van der Waals surface area contributed by atoms with Crippen LogP contribution in [0.5, 0.6) is 0 Å². The van der Waals surface area contributed by atoms with Crippen LogP contribution in [0.4, 0.5) is 11.4 Å².